The van der Waals surface area contributed by atoms with Crippen LogP contribution in [0.15, 0.2) is 205 Å². The molecule has 7 aromatic heterocycles. The van der Waals surface area contributed by atoms with Crippen molar-refractivity contribution >= 4 is 122 Å². The van der Waals surface area contributed by atoms with Crippen molar-refractivity contribution in [1.29, 1.82) is 0 Å². The van der Waals surface area contributed by atoms with Crippen LogP contribution in [0.3, 0.4) is 0 Å². The van der Waals surface area contributed by atoms with Gasteiger partial charge in [0.2, 0.25) is 5.95 Å². The first-order chi connectivity index (χ1) is 51.1. The van der Waals surface area contributed by atoms with Gasteiger partial charge in [0.15, 0.2) is 32.5 Å². The molecule has 33 heteroatoms. The van der Waals surface area contributed by atoms with E-state index in [-0.39, 0.29) is 58.9 Å². The molecular weight excluding hydrogens is 1470 g/mol. The Hall–Kier alpha value is -10.7. The molecule has 1 saturated carbocycles. The molecule has 2 aliphatic rings. The summed E-state index contributed by atoms with van der Waals surface area (Å²) in [5, 5.41) is 10.9. The second-order valence-corrected chi connectivity index (χ2v) is 26.3. The summed E-state index contributed by atoms with van der Waals surface area (Å²) in [5.41, 5.74) is 29.8. The van der Waals surface area contributed by atoms with Crippen molar-refractivity contribution in [3.63, 3.8) is 0 Å². The molecule has 0 unspecified atom stereocenters. The minimum Gasteiger partial charge on any atom is -0.462 e. The average molecular weight is 1550 g/mol. The number of carbonyl (C=O) groups excluding carboxylic acids is 3. The molecule has 11 aromatic rings. The Bertz CT molecular complexity index is 4630. The SMILES string of the molecule is Brc1ncccn1.CC1(C)OB(c2cccc(N)c2)OC1(C)C.CCOC(=O)c1cnc(SC)nc1Cl.CCOC(=O)c1cnc(SC)nc1Nc1cccc(-c2ncccn2)c1.NC(=O)c1cnc(N[C@@H]2CCCC[C@@H]2N)nc1Nc1cccc(-c2ncccn2)c1.Nc1cccc(-c2ncccn2)c1. The van der Waals surface area contributed by atoms with E-state index >= 15 is 0 Å². The minimum atomic E-state index is -0.610. The molecule has 13 rings (SSSR count). The van der Waals surface area contributed by atoms with Crippen LogP contribution in [0.2, 0.25) is 5.15 Å². The Morgan fingerprint density at radius 2 is 0.991 bits per heavy atom. The number of hydrogen-bond donors (Lipinski definition) is 7. The normalized spacial score (nSPS) is 14.3. The number of halogens is 2. The van der Waals surface area contributed by atoms with Gasteiger partial charge in [-0.2, -0.15) is 4.98 Å². The summed E-state index contributed by atoms with van der Waals surface area (Å²) in [5.74, 6) is 1.49. The number of anilines is 7. The van der Waals surface area contributed by atoms with Gasteiger partial charge in [-0.25, -0.2) is 74.4 Å². The number of nitrogens with zero attached hydrogens (tertiary/aromatic N) is 14. The van der Waals surface area contributed by atoms with Crippen LogP contribution in [-0.4, -0.2) is 144 Å². The number of ether oxygens (including phenoxy) is 2. The number of amides is 1. The lowest BCUT2D eigenvalue weighted by Gasteiger charge is -2.32. The van der Waals surface area contributed by atoms with Crippen molar-refractivity contribution in [2.24, 2.45) is 11.5 Å². The third-order valence-corrected chi connectivity index (χ3v) is 17.4. The van der Waals surface area contributed by atoms with Gasteiger partial charge in [-0.1, -0.05) is 96.5 Å². The van der Waals surface area contributed by atoms with Gasteiger partial charge in [-0.15, -0.1) is 0 Å². The van der Waals surface area contributed by atoms with Crippen LogP contribution in [0.5, 0.6) is 0 Å². The molecule has 2 fully saturated rings. The molecule has 1 aliphatic heterocycles. The van der Waals surface area contributed by atoms with E-state index in [4.69, 9.17) is 53.3 Å². The molecule has 106 heavy (non-hydrogen) atoms. The summed E-state index contributed by atoms with van der Waals surface area (Å²) < 4.78 is 22.3. The third kappa shape index (κ3) is 24.4. The molecule has 548 valence electrons. The number of aromatic nitrogens is 14. The highest BCUT2D eigenvalue weighted by molar-refractivity contribution is 9.10. The Morgan fingerprint density at radius 3 is 1.44 bits per heavy atom. The van der Waals surface area contributed by atoms with E-state index in [9.17, 15) is 14.4 Å². The fourth-order valence-electron chi connectivity index (χ4n) is 9.67. The second-order valence-electron chi connectivity index (χ2n) is 23.7. The first kappa shape index (κ1) is 80.9. The summed E-state index contributed by atoms with van der Waals surface area (Å²) >= 11 is 11.6. The molecule has 28 nitrogen and oxygen atoms in total. The van der Waals surface area contributed by atoms with Gasteiger partial charge < -0.3 is 57.7 Å². The number of rotatable bonds is 17. The van der Waals surface area contributed by atoms with Gasteiger partial charge >= 0.3 is 19.1 Å². The average Bonchev–Trinajstić information content (AvgIpc) is 1.62. The lowest BCUT2D eigenvalue weighted by atomic mass is 9.79. The maximum Gasteiger partial charge on any atom is 0.494 e. The van der Waals surface area contributed by atoms with Crippen molar-refractivity contribution < 1.29 is 33.2 Å². The van der Waals surface area contributed by atoms with Crippen molar-refractivity contribution in [3.8, 4) is 34.2 Å². The van der Waals surface area contributed by atoms with Crippen molar-refractivity contribution in [2.45, 2.75) is 101 Å². The molecule has 4 aromatic carbocycles. The van der Waals surface area contributed by atoms with E-state index in [1.165, 1.54) is 42.1 Å². The Morgan fingerprint density at radius 1 is 0.557 bits per heavy atom. The van der Waals surface area contributed by atoms with Crippen LogP contribution in [-0.2, 0) is 18.8 Å². The highest BCUT2D eigenvalue weighted by Gasteiger charge is 2.51. The highest BCUT2D eigenvalue weighted by Crippen LogP contribution is 2.37. The van der Waals surface area contributed by atoms with Crippen molar-refractivity contribution in [2.75, 3.05) is 53.1 Å². The lowest BCUT2D eigenvalue weighted by molar-refractivity contribution is 0.00578. The Balaban J connectivity index is 0.000000169. The van der Waals surface area contributed by atoms with Crippen LogP contribution in [0, 0.1) is 0 Å². The third-order valence-electron chi connectivity index (χ3n) is 15.6. The second kappa shape index (κ2) is 40.5. The van der Waals surface area contributed by atoms with E-state index in [1.807, 2.05) is 137 Å². The molecular formula is C73H80BBrClN21O7S2. The smallest absolute Gasteiger partial charge is 0.462 e. The first-order valence-corrected chi connectivity index (χ1v) is 36.8. The number of carbonyl (C=O) groups is 3. The quantitative estimate of drug-likeness (QED) is 0.0111. The van der Waals surface area contributed by atoms with Gasteiger partial charge in [-0.3, -0.25) is 4.79 Å². The van der Waals surface area contributed by atoms with Crippen molar-refractivity contribution in [3.05, 3.63) is 216 Å². The fraction of sp³-hybridized carbons (Fsp3) is 0.247. The maximum absolute atomic E-state index is 12.2. The molecule has 1 amide bonds. The number of nitrogens with one attached hydrogen (secondary N) is 3. The van der Waals surface area contributed by atoms with Gasteiger partial charge in [0, 0.05) is 120 Å². The number of nitrogens with two attached hydrogens (primary N) is 4. The number of benzene rings is 4. The topological polar surface area (TPSA) is 409 Å². The fourth-order valence-corrected chi connectivity index (χ4v) is 10.8. The zero-order valence-electron chi connectivity index (χ0n) is 59.4. The van der Waals surface area contributed by atoms with Crippen LogP contribution >= 0.6 is 51.1 Å². The number of nitrogen functional groups attached to an aromatic ring is 2. The zero-order chi connectivity index (χ0) is 76.0. The summed E-state index contributed by atoms with van der Waals surface area (Å²) in [6, 6.07) is 37.5. The molecule has 0 spiro atoms. The number of esters is 2. The predicted molar refractivity (Wildman–Crippen MR) is 419 cm³/mol. The standard InChI is InChI=1S/C21H24N8O.C18H17N5O2S.C12H18BNO2.C10H9N3.C8H9ClN2O2S.C4H3BrN2/c22-16-7-1-2-8-17(16)28-21-26-12-15(18(23)30)20(29-21)27-14-6-3-5-13(11-14)19-24-9-4-10-25-19;1-3-25-17(24)14-11-21-18(26-2)23-16(14)22-13-7-4-6-12(10-13)15-19-8-5-9-20-15;1-11(2)12(3,4)16-13(15-11)9-6-5-7-10(14)8-9;11-9-4-1-3-8(7-9)10-12-5-2-6-13-10;1-3-13-7(12)5-4-10-8(14-2)11-6(5)9;5-4-6-2-1-3-7-4/h3-6,9-12,16-17H,1-2,7-8,22H2,(H2,23,30)(H2,26,27,28,29);4-11H,3H2,1-2H3,(H,21,22,23);5-8H,14H2,1-4H3;1-7H,11H2;4H,3H2,1-2H3;1-3H/t16-,17+;;;;;/m0...../s1. The summed E-state index contributed by atoms with van der Waals surface area (Å²) in [6.45, 7) is 12.2. The van der Waals surface area contributed by atoms with Crippen molar-refractivity contribution in [1.82, 2.24) is 69.8 Å². The Kier molecular flexibility index (Phi) is 30.9. The van der Waals surface area contributed by atoms with Crippen LogP contribution in [0.4, 0.5) is 40.3 Å². The van der Waals surface area contributed by atoms with Crippen LogP contribution < -0.4 is 44.3 Å². The number of hydrogen-bond acceptors (Lipinski definition) is 29. The molecule has 2 atom stereocenters. The van der Waals surface area contributed by atoms with E-state index < -0.39 is 17.8 Å². The first-order valence-electron chi connectivity index (χ1n) is 33.1. The largest absolute Gasteiger partial charge is 0.494 e. The van der Waals surface area contributed by atoms with Gasteiger partial charge in [0.25, 0.3) is 5.91 Å². The van der Waals surface area contributed by atoms with Crippen LogP contribution in [0.1, 0.15) is 98.3 Å². The number of thioether (sulfide) groups is 2. The van der Waals surface area contributed by atoms with Gasteiger partial charge in [0.1, 0.15) is 33.5 Å². The van der Waals surface area contributed by atoms with Crippen LogP contribution in [0.25, 0.3) is 34.2 Å². The number of primary amides is 1. The molecule has 8 heterocycles. The molecule has 1 saturated heterocycles. The summed E-state index contributed by atoms with van der Waals surface area (Å²) in [4.78, 5) is 93.4. The predicted octanol–water partition coefficient (Wildman–Crippen LogP) is 12.6. The Labute approximate surface area is 636 Å². The monoisotopic (exact) mass is 1550 g/mol. The molecule has 11 N–H and O–H groups in total. The van der Waals surface area contributed by atoms with E-state index in [1.54, 1.807) is 87.7 Å². The summed E-state index contributed by atoms with van der Waals surface area (Å²) in [7, 11) is -0.325. The van der Waals surface area contributed by atoms with E-state index in [2.05, 4.69) is 102 Å². The van der Waals surface area contributed by atoms with Gasteiger partial charge in [0.05, 0.1) is 24.4 Å². The highest BCUT2D eigenvalue weighted by atomic mass is 79.9. The molecule has 0 bridgehead atoms. The molecule has 0 radical (unpaired) electrons. The van der Waals surface area contributed by atoms with Gasteiger partial charge in [-0.05, 0) is 161 Å². The minimum absolute atomic E-state index is 0.0529. The maximum atomic E-state index is 12.2. The lowest BCUT2D eigenvalue weighted by Crippen LogP contribution is -2.43. The summed E-state index contributed by atoms with van der Waals surface area (Å²) in [6.07, 6.45) is 25.7. The zero-order valence-corrected chi connectivity index (χ0v) is 63.3. The molecule has 1 aliphatic carbocycles. The van der Waals surface area contributed by atoms with E-state index in [0.717, 1.165) is 70.6 Å². The van der Waals surface area contributed by atoms with E-state index in [0.29, 0.717) is 56.7 Å².